The number of hydrogen-bond acceptors (Lipinski definition) is 5. The minimum Gasteiger partial charge on any atom is -0.497 e. The normalized spacial score (nSPS) is 16.8. The van der Waals surface area contributed by atoms with E-state index in [9.17, 15) is 5.11 Å². The molecule has 1 unspecified atom stereocenters. The molecule has 2 aliphatic rings. The van der Waals surface area contributed by atoms with E-state index in [2.05, 4.69) is 110 Å². The summed E-state index contributed by atoms with van der Waals surface area (Å²) in [5, 5.41) is 14.8. The lowest BCUT2D eigenvalue weighted by atomic mass is 9.76. The SMILES string of the molecule is CNc1ccc(-c2ccc3c(c2)C(C)(C)c2c4c(c5ccccc5c2-3)OC(c2ccc(OC)cc2)(c2ccc(OCCO)cc2)C=C4)cc1. The smallest absolute Gasteiger partial charge is 0.178 e. The van der Waals surface area contributed by atoms with Gasteiger partial charge in [-0.25, -0.2) is 0 Å². The van der Waals surface area contributed by atoms with Crippen LogP contribution in [0.25, 0.3) is 39.1 Å². The summed E-state index contributed by atoms with van der Waals surface area (Å²) in [6.07, 6.45) is 4.47. The number of ether oxygens (including phenoxy) is 3. The van der Waals surface area contributed by atoms with Crippen LogP contribution >= 0.6 is 0 Å². The van der Waals surface area contributed by atoms with Crippen molar-refractivity contribution in [2.45, 2.75) is 24.9 Å². The van der Waals surface area contributed by atoms with E-state index in [0.717, 1.165) is 39.3 Å². The molecule has 6 aromatic carbocycles. The summed E-state index contributed by atoms with van der Waals surface area (Å²) >= 11 is 0. The second-order valence-electron chi connectivity index (χ2n) is 13.2. The van der Waals surface area contributed by atoms with Gasteiger partial charge in [0.2, 0.25) is 0 Å². The third-order valence-corrected chi connectivity index (χ3v) is 10.2. The van der Waals surface area contributed by atoms with Crippen molar-refractivity contribution >= 4 is 22.5 Å². The quantitative estimate of drug-likeness (QED) is 0.173. The minimum absolute atomic E-state index is 0.0388. The maximum absolute atomic E-state index is 9.28. The first-order chi connectivity index (χ1) is 23.9. The third-order valence-electron chi connectivity index (χ3n) is 10.2. The zero-order valence-corrected chi connectivity index (χ0v) is 28.2. The average molecular weight is 646 g/mol. The van der Waals surface area contributed by atoms with Crippen molar-refractivity contribution in [3.63, 3.8) is 0 Å². The maximum Gasteiger partial charge on any atom is 0.178 e. The molecule has 0 fully saturated rings. The van der Waals surface area contributed by atoms with Crippen molar-refractivity contribution < 1.29 is 19.3 Å². The standard InChI is InChI=1S/C44H39NO4/c1-43(2)39-27-29(28-9-16-32(45-3)17-10-28)11-22-37(39)40-35-7-5-6-8-36(35)42-38(41(40)43)23-24-44(49-42,30-12-18-33(47-4)19-13-30)31-14-20-34(21-15-31)48-26-25-46/h5-24,27,45-46H,25-26H2,1-4H3. The fourth-order valence-corrected chi connectivity index (χ4v) is 7.72. The molecule has 0 spiro atoms. The van der Waals surface area contributed by atoms with Gasteiger partial charge in [0.15, 0.2) is 5.60 Å². The van der Waals surface area contributed by atoms with Crippen molar-refractivity contribution in [3.05, 3.63) is 149 Å². The van der Waals surface area contributed by atoms with Crippen LogP contribution in [-0.4, -0.2) is 32.5 Å². The van der Waals surface area contributed by atoms with Crippen LogP contribution < -0.4 is 19.5 Å². The molecule has 1 aliphatic carbocycles. The second kappa shape index (κ2) is 11.9. The molecule has 5 nitrogen and oxygen atoms in total. The van der Waals surface area contributed by atoms with E-state index in [1.165, 1.54) is 38.8 Å². The molecule has 244 valence electrons. The van der Waals surface area contributed by atoms with E-state index in [0.29, 0.717) is 5.75 Å². The van der Waals surface area contributed by atoms with Crippen LogP contribution in [0.1, 0.15) is 41.7 Å². The minimum atomic E-state index is -0.909. The van der Waals surface area contributed by atoms with Gasteiger partial charge in [0.1, 0.15) is 23.9 Å². The van der Waals surface area contributed by atoms with Gasteiger partial charge in [-0.15, -0.1) is 0 Å². The molecular weight excluding hydrogens is 606 g/mol. The summed E-state index contributed by atoms with van der Waals surface area (Å²) in [6, 6.07) is 40.2. The molecule has 0 aromatic heterocycles. The van der Waals surface area contributed by atoms with Crippen LogP contribution in [0.5, 0.6) is 17.2 Å². The number of nitrogens with one attached hydrogen (secondary N) is 1. The molecule has 0 bridgehead atoms. The van der Waals surface area contributed by atoms with Gasteiger partial charge in [-0.3, -0.25) is 0 Å². The van der Waals surface area contributed by atoms with E-state index >= 15 is 0 Å². The first-order valence-electron chi connectivity index (χ1n) is 16.8. The number of aliphatic hydroxyl groups is 1. The van der Waals surface area contributed by atoms with Gasteiger partial charge in [0.05, 0.1) is 13.7 Å². The Labute approximate surface area is 287 Å². The topological polar surface area (TPSA) is 60.0 Å². The third kappa shape index (κ3) is 4.88. The Kier molecular flexibility index (Phi) is 7.46. The fraction of sp³-hybridized carbons (Fsp3) is 0.182. The van der Waals surface area contributed by atoms with Gasteiger partial charge < -0.3 is 24.6 Å². The predicted octanol–water partition coefficient (Wildman–Crippen LogP) is 9.58. The van der Waals surface area contributed by atoms with Crippen molar-refractivity contribution in [3.8, 4) is 39.5 Å². The first kappa shape index (κ1) is 30.8. The molecule has 49 heavy (non-hydrogen) atoms. The van der Waals surface area contributed by atoms with Gasteiger partial charge in [0.25, 0.3) is 0 Å². The van der Waals surface area contributed by atoms with E-state index in [-0.39, 0.29) is 18.6 Å². The molecular formula is C44H39NO4. The lowest BCUT2D eigenvalue weighted by molar-refractivity contribution is 0.163. The van der Waals surface area contributed by atoms with Crippen molar-refractivity contribution in [1.82, 2.24) is 0 Å². The summed E-state index contributed by atoms with van der Waals surface area (Å²) < 4.78 is 18.6. The molecule has 0 amide bonds. The highest BCUT2D eigenvalue weighted by Crippen LogP contribution is 2.58. The fourth-order valence-electron chi connectivity index (χ4n) is 7.72. The van der Waals surface area contributed by atoms with Gasteiger partial charge in [0, 0.05) is 40.2 Å². The molecule has 8 rings (SSSR count). The Hall–Kier alpha value is -5.52. The number of methoxy groups -OCH3 is 1. The van der Waals surface area contributed by atoms with E-state index < -0.39 is 5.60 Å². The molecule has 1 atom stereocenters. The largest absolute Gasteiger partial charge is 0.497 e. The average Bonchev–Trinajstić information content (AvgIpc) is 3.40. The monoisotopic (exact) mass is 645 g/mol. The van der Waals surface area contributed by atoms with Gasteiger partial charge in [-0.2, -0.15) is 0 Å². The molecule has 5 heteroatoms. The van der Waals surface area contributed by atoms with Crippen LogP contribution in [0.15, 0.2) is 121 Å². The number of anilines is 1. The van der Waals surface area contributed by atoms with E-state index in [1.807, 2.05) is 43.4 Å². The highest BCUT2D eigenvalue weighted by Gasteiger charge is 2.44. The highest BCUT2D eigenvalue weighted by atomic mass is 16.5. The van der Waals surface area contributed by atoms with Crippen LogP contribution in [0.2, 0.25) is 0 Å². The zero-order chi connectivity index (χ0) is 33.8. The Morgan fingerprint density at radius 3 is 2.06 bits per heavy atom. The molecule has 0 saturated carbocycles. The van der Waals surface area contributed by atoms with Crippen molar-refractivity contribution in [2.24, 2.45) is 0 Å². The first-order valence-corrected chi connectivity index (χ1v) is 16.8. The molecule has 1 heterocycles. The van der Waals surface area contributed by atoms with E-state index in [4.69, 9.17) is 14.2 Å². The summed E-state index contributed by atoms with van der Waals surface area (Å²) in [6.45, 7) is 4.88. The van der Waals surface area contributed by atoms with Crippen LogP contribution in [0.4, 0.5) is 5.69 Å². The second-order valence-corrected chi connectivity index (χ2v) is 13.2. The number of fused-ring (bicyclic) bond motifs is 8. The van der Waals surface area contributed by atoms with Gasteiger partial charge in [-0.1, -0.05) is 92.7 Å². The molecule has 0 radical (unpaired) electrons. The Morgan fingerprint density at radius 2 is 1.41 bits per heavy atom. The van der Waals surface area contributed by atoms with Crippen molar-refractivity contribution in [2.75, 3.05) is 32.7 Å². The van der Waals surface area contributed by atoms with E-state index in [1.54, 1.807) is 7.11 Å². The van der Waals surface area contributed by atoms with Crippen LogP contribution in [0, 0.1) is 0 Å². The summed E-state index contributed by atoms with van der Waals surface area (Å²) in [5.74, 6) is 2.35. The molecule has 6 aromatic rings. The van der Waals surface area contributed by atoms with Crippen LogP contribution in [-0.2, 0) is 11.0 Å². The lowest BCUT2D eigenvalue weighted by Gasteiger charge is -2.38. The zero-order valence-electron chi connectivity index (χ0n) is 28.2. The number of rotatable bonds is 8. The number of benzene rings is 6. The van der Waals surface area contributed by atoms with Gasteiger partial charge in [-0.05, 0) is 87.3 Å². The number of aliphatic hydroxyl groups excluding tert-OH is 1. The highest BCUT2D eigenvalue weighted by molar-refractivity contribution is 6.08. The predicted molar refractivity (Wildman–Crippen MR) is 199 cm³/mol. The lowest BCUT2D eigenvalue weighted by Crippen LogP contribution is -2.35. The molecule has 1 aliphatic heterocycles. The van der Waals surface area contributed by atoms with Crippen LogP contribution in [0.3, 0.4) is 0 Å². The Balaban J connectivity index is 1.32. The Bertz CT molecular complexity index is 2220. The summed E-state index contributed by atoms with van der Waals surface area (Å²) in [5.41, 5.74) is 10.5. The Morgan fingerprint density at radius 1 is 0.755 bits per heavy atom. The number of hydrogen-bond donors (Lipinski definition) is 2. The summed E-state index contributed by atoms with van der Waals surface area (Å²) in [7, 11) is 3.62. The van der Waals surface area contributed by atoms with Gasteiger partial charge >= 0.3 is 0 Å². The molecule has 2 N–H and O–H groups in total. The maximum atomic E-state index is 9.28. The van der Waals surface area contributed by atoms with Crippen molar-refractivity contribution in [1.29, 1.82) is 0 Å². The summed E-state index contributed by atoms with van der Waals surface area (Å²) in [4.78, 5) is 0. The molecule has 0 saturated heterocycles.